The van der Waals surface area contributed by atoms with Gasteiger partial charge >= 0.3 is 5.97 Å². The van der Waals surface area contributed by atoms with E-state index in [9.17, 15) is 24.0 Å². The van der Waals surface area contributed by atoms with Crippen LogP contribution in [0.25, 0.3) is 0 Å². The highest BCUT2D eigenvalue weighted by atomic mass is 16.5. The van der Waals surface area contributed by atoms with E-state index in [1.807, 2.05) is 19.9 Å². The van der Waals surface area contributed by atoms with Gasteiger partial charge in [-0.3, -0.25) is 19.2 Å². The molecule has 10 aliphatic carbocycles. The summed E-state index contributed by atoms with van der Waals surface area (Å²) in [5.41, 5.74) is 8.90. The number of hydrogen-bond acceptors (Lipinski definition) is 7. The summed E-state index contributed by atoms with van der Waals surface area (Å²) in [5.74, 6) is 0.953. The van der Waals surface area contributed by atoms with Crippen LogP contribution in [0, 0.1) is 66.0 Å². The third-order valence-corrected chi connectivity index (χ3v) is 23.9. The van der Waals surface area contributed by atoms with Crippen LogP contribution in [0.2, 0.25) is 0 Å². The van der Waals surface area contributed by atoms with Crippen LogP contribution in [0.1, 0.15) is 194 Å². The van der Waals surface area contributed by atoms with Crippen LogP contribution < -0.4 is 0 Å². The predicted octanol–water partition coefficient (Wildman–Crippen LogP) is 14.7. The second-order valence-corrected chi connectivity index (χ2v) is 27.2. The van der Waals surface area contributed by atoms with Gasteiger partial charge in [0, 0.05) is 32.8 Å². The lowest BCUT2D eigenvalue weighted by atomic mass is 9.34. The number of rotatable bonds is 6. The standard InChI is InChI=1S/C32H42O5.C31H42O3.CH4/c1-19-21-8-9-24-30(5,22(21)16-23(34)27(19)37-18-26(35)36)13-15-32(7)25-17-29(4,20(2)33)11-10-28(25,3)12-14-31(24,32)6;1-19-21-9-10-24-29(5,22(21)17-23(33)26(19)34-8)14-16-31(7)25-18-28(4,20(2)32)12-11-27(25,3)13-15-30(24,31)6;/h8-9,16,25H,10-15,17-18H2,1-7H3,(H,35,36);9-10,17,25H,11-16,18H2,1-8H3;1H4/t25-,28-,29-,30+,31-,32+;25-,27-,28-,29+,30-,31+;/m11./s1. The third-order valence-electron chi connectivity index (χ3n) is 23.9. The molecule has 0 saturated heterocycles. The molecule has 6 fully saturated rings. The lowest BCUT2D eigenvalue weighted by Crippen LogP contribution is -2.62. The summed E-state index contributed by atoms with van der Waals surface area (Å²) >= 11 is 0. The largest absolute Gasteiger partial charge is 0.492 e. The van der Waals surface area contributed by atoms with Gasteiger partial charge in [0.05, 0.1) is 7.11 Å². The first-order chi connectivity index (χ1) is 32.9. The van der Waals surface area contributed by atoms with Gasteiger partial charge in [-0.2, -0.15) is 0 Å². The van der Waals surface area contributed by atoms with Crippen molar-refractivity contribution in [3.63, 3.8) is 0 Å². The first kappa shape index (κ1) is 53.9. The number of carboxylic acids is 1. The van der Waals surface area contributed by atoms with E-state index in [2.05, 4.69) is 93.5 Å². The Bertz CT molecular complexity index is 2710. The maximum absolute atomic E-state index is 13.1. The average Bonchev–Trinajstić information content (AvgIpc) is 3.30. The zero-order valence-electron chi connectivity index (χ0n) is 46.0. The number of carbonyl (C=O) groups is 5. The van der Waals surface area contributed by atoms with E-state index in [1.54, 1.807) is 27.0 Å². The molecule has 10 rings (SSSR count). The van der Waals surface area contributed by atoms with E-state index in [4.69, 9.17) is 14.6 Å². The van der Waals surface area contributed by atoms with E-state index in [0.29, 0.717) is 34.6 Å². The van der Waals surface area contributed by atoms with Crippen LogP contribution in [-0.4, -0.2) is 47.9 Å². The van der Waals surface area contributed by atoms with Crippen LogP contribution in [0.4, 0.5) is 0 Å². The lowest BCUT2D eigenvalue weighted by Gasteiger charge is -2.70. The van der Waals surface area contributed by atoms with E-state index in [-0.39, 0.29) is 73.5 Å². The summed E-state index contributed by atoms with van der Waals surface area (Å²) in [6, 6.07) is 0. The van der Waals surface area contributed by atoms with Gasteiger partial charge in [-0.15, -0.1) is 0 Å². The summed E-state index contributed by atoms with van der Waals surface area (Å²) in [6.07, 6.45) is 27.7. The van der Waals surface area contributed by atoms with Crippen molar-refractivity contribution < 1.29 is 38.6 Å². The Kier molecular flexibility index (Phi) is 12.8. The number of Topliss-reactive ketones (excluding diaryl/α,β-unsaturated/α-hetero) is 2. The molecule has 0 aromatic carbocycles. The molecule has 1 N–H and O–H groups in total. The first-order valence-corrected chi connectivity index (χ1v) is 27.1. The number of fused-ring (bicyclic) bond motifs is 14. The van der Waals surface area contributed by atoms with Gasteiger partial charge in [-0.1, -0.05) is 112 Å². The Morgan fingerprint density at radius 3 is 1.31 bits per heavy atom. The summed E-state index contributed by atoms with van der Waals surface area (Å²) in [4.78, 5) is 62.6. The highest BCUT2D eigenvalue weighted by Crippen LogP contribution is 2.77. The third kappa shape index (κ3) is 7.25. The minimum Gasteiger partial charge on any atom is -0.492 e. The molecular weight excluding hydrogens is 897 g/mol. The molecule has 12 atom stereocenters. The lowest BCUT2D eigenvalue weighted by molar-refractivity contribution is -0.167. The van der Waals surface area contributed by atoms with Gasteiger partial charge in [0.1, 0.15) is 11.6 Å². The molecule has 0 aromatic heterocycles. The molecule has 6 saturated carbocycles. The van der Waals surface area contributed by atoms with E-state index < -0.39 is 12.6 Å². The zero-order chi connectivity index (χ0) is 52.1. The van der Waals surface area contributed by atoms with Crippen LogP contribution in [0.3, 0.4) is 0 Å². The molecule has 8 heteroatoms. The van der Waals surface area contributed by atoms with Gasteiger partial charge in [0.15, 0.2) is 18.1 Å². The minimum atomic E-state index is -1.10. The second kappa shape index (κ2) is 17.1. The number of carboxylic acid groups (broad SMARTS) is 1. The van der Waals surface area contributed by atoms with E-state index in [1.165, 1.54) is 29.6 Å². The number of hydrogen-bond donors (Lipinski definition) is 1. The Labute approximate surface area is 432 Å². The molecule has 392 valence electrons. The molecule has 0 aromatic rings. The Morgan fingerprint density at radius 1 is 0.556 bits per heavy atom. The molecule has 0 aliphatic heterocycles. The number of ether oxygens (including phenoxy) is 2. The summed E-state index contributed by atoms with van der Waals surface area (Å²) < 4.78 is 10.9. The highest BCUT2D eigenvalue weighted by Gasteiger charge is 2.69. The number of methoxy groups -OCH3 is 1. The molecule has 0 radical (unpaired) electrons. The highest BCUT2D eigenvalue weighted by molar-refractivity contribution is 6.07. The van der Waals surface area contributed by atoms with E-state index in [0.717, 1.165) is 105 Å². The van der Waals surface area contributed by atoms with Crippen molar-refractivity contribution in [1.29, 1.82) is 0 Å². The molecule has 0 bridgehead atoms. The maximum atomic E-state index is 13.1. The molecule has 0 spiro atoms. The van der Waals surface area contributed by atoms with Crippen LogP contribution in [-0.2, 0) is 33.4 Å². The summed E-state index contributed by atoms with van der Waals surface area (Å²) in [6.45, 7) is 30.9. The van der Waals surface area contributed by atoms with Gasteiger partial charge in [-0.25, -0.2) is 4.79 Å². The average molecular weight is 985 g/mol. The number of aliphatic carboxylic acids is 1. The predicted molar refractivity (Wildman–Crippen MR) is 285 cm³/mol. The van der Waals surface area contributed by atoms with Crippen molar-refractivity contribution in [2.24, 2.45) is 66.0 Å². The minimum absolute atomic E-state index is 0. The Morgan fingerprint density at radius 2 is 0.931 bits per heavy atom. The Hall–Kier alpha value is -4.33. The molecule has 72 heavy (non-hydrogen) atoms. The van der Waals surface area contributed by atoms with Crippen molar-refractivity contribution in [2.45, 2.75) is 194 Å². The Balaban J connectivity index is 0.000000191. The van der Waals surface area contributed by atoms with Gasteiger partial charge in [-0.05, 0) is 196 Å². The molecule has 0 amide bonds. The first-order valence-electron chi connectivity index (χ1n) is 27.1. The summed E-state index contributed by atoms with van der Waals surface area (Å²) in [7, 11) is 1.59. The van der Waals surface area contributed by atoms with Crippen LogP contribution in [0.5, 0.6) is 0 Å². The van der Waals surface area contributed by atoms with Crippen molar-refractivity contribution >= 4 is 29.1 Å². The SMILES string of the molecule is C.CC(=O)[C@]1(C)CC[C@]2(C)CC[C@]3(C)C4=CC=C5C(=CC(=O)C(OCC(=O)O)=C5C)[C@]4(C)CC[C@@]3(C)[C@@H]2C1.COC1=C(C)C2=CC=C3[C@@](C)(CC[C@@]4(C)[C@@H]5C[C@](C)(C(C)=O)CC[C@]5(C)CC[C@]34C)C2=CC1=O. The fraction of sp³-hybridized carbons (Fsp3) is 0.672. The second-order valence-electron chi connectivity index (χ2n) is 27.2. The number of allylic oxidation sites excluding steroid dienone is 14. The number of carbonyl (C=O) groups excluding carboxylic acids is 4. The molecule has 0 unspecified atom stereocenters. The van der Waals surface area contributed by atoms with Gasteiger partial charge < -0.3 is 14.6 Å². The summed E-state index contributed by atoms with van der Waals surface area (Å²) in [5, 5.41) is 9.05. The molecule has 10 aliphatic rings. The zero-order valence-corrected chi connectivity index (χ0v) is 46.0. The fourth-order valence-electron chi connectivity index (χ4n) is 18.1. The smallest absolute Gasteiger partial charge is 0.341 e. The van der Waals surface area contributed by atoms with Crippen LogP contribution >= 0.6 is 0 Å². The molecule has 0 heterocycles. The number of ketones is 4. The van der Waals surface area contributed by atoms with Crippen molar-refractivity contribution in [3.05, 3.63) is 92.6 Å². The maximum Gasteiger partial charge on any atom is 0.341 e. The van der Waals surface area contributed by atoms with Gasteiger partial charge in [0.25, 0.3) is 0 Å². The van der Waals surface area contributed by atoms with Gasteiger partial charge in [0.2, 0.25) is 11.6 Å². The fourth-order valence-corrected chi connectivity index (χ4v) is 18.1. The van der Waals surface area contributed by atoms with E-state index >= 15 is 0 Å². The molecular formula is C64H88O8. The quantitative estimate of drug-likeness (QED) is 0.279. The van der Waals surface area contributed by atoms with Crippen molar-refractivity contribution in [2.75, 3.05) is 13.7 Å². The van der Waals surface area contributed by atoms with Crippen molar-refractivity contribution in [1.82, 2.24) is 0 Å². The normalized spacial score (nSPS) is 43.6. The molecule has 8 nitrogen and oxygen atoms in total. The topological polar surface area (TPSA) is 124 Å². The van der Waals surface area contributed by atoms with Crippen LogP contribution in [0.15, 0.2) is 92.6 Å². The monoisotopic (exact) mass is 985 g/mol. The van der Waals surface area contributed by atoms with Crippen molar-refractivity contribution in [3.8, 4) is 0 Å².